The van der Waals surface area contributed by atoms with E-state index in [-0.39, 0.29) is 17.8 Å². The second-order valence-corrected chi connectivity index (χ2v) is 5.53. The zero-order chi connectivity index (χ0) is 17.1. The van der Waals surface area contributed by atoms with E-state index in [9.17, 15) is 9.59 Å². The van der Waals surface area contributed by atoms with E-state index in [2.05, 4.69) is 24.7 Å². The quantitative estimate of drug-likeness (QED) is 0.513. The molecule has 1 atom stereocenters. The van der Waals surface area contributed by atoms with Crippen LogP contribution in [0.5, 0.6) is 0 Å². The van der Waals surface area contributed by atoms with Crippen molar-refractivity contribution in [2.45, 2.75) is 52.5 Å². The summed E-state index contributed by atoms with van der Waals surface area (Å²) in [5.74, 6) is -0.431. The Morgan fingerprint density at radius 1 is 1.04 bits per heavy atom. The minimum absolute atomic E-state index is 0.139. The van der Waals surface area contributed by atoms with Crippen LogP contribution in [0.3, 0.4) is 0 Å². The normalized spacial score (nSPS) is 12.0. The third-order valence-electron chi connectivity index (χ3n) is 3.71. The van der Waals surface area contributed by atoms with E-state index in [4.69, 9.17) is 4.74 Å². The molecular weight excluding hydrogens is 292 g/mol. The molecule has 0 aromatic heterocycles. The topological polar surface area (TPSA) is 67.4 Å². The predicted molar refractivity (Wildman–Crippen MR) is 90.8 cm³/mol. The van der Waals surface area contributed by atoms with Crippen LogP contribution in [0, 0.1) is 5.92 Å². The number of hydrogen-bond donors (Lipinski definition) is 2. The summed E-state index contributed by atoms with van der Waals surface area (Å²) >= 11 is 0. The molecule has 0 saturated carbocycles. The number of ether oxygens (including phenoxy) is 1. The average molecular weight is 320 g/mol. The number of esters is 1. The summed E-state index contributed by atoms with van der Waals surface area (Å²) in [7, 11) is 0. The molecule has 1 amide bonds. The molecule has 0 aliphatic heterocycles. The van der Waals surface area contributed by atoms with Gasteiger partial charge in [0.05, 0.1) is 6.61 Å². The Balaban J connectivity index is 2.75. The van der Waals surface area contributed by atoms with Gasteiger partial charge in [-0.25, -0.2) is 5.43 Å². The average Bonchev–Trinajstić information content (AvgIpc) is 2.56. The fourth-order valence-corrected chi connectivity index (χ4v) is 2.63. The molecule has 1 aromatic carbocycles. The molecular formula is C18H28N2O3. The molecule has 2 N–H and O–H groups in total. The molecule has 0 saturated heterocycles. The van der Waals surface area contributed by atoms with Gasteiger partial charge in [-0.15, -0.1) is 0 Å². The molecule has 0 aliphatic rings. The summed E-state index contributed by atoms with van der Waals surface area (Å²) in [4.78, 5) is 24.4. The molecule has 0 radical (unpaired) electrons. The van der Waals surface area contributed by atoms with E-state index >= 15 is 0 Å². The van der Waals surface area contributed by atoms with Crippen LogP contribution >= 0.6 is 0 Å². The van der Waals surface area contributed by atoms with Gasteiger partial charge >= 0.3 is 5.97 Å². The lowest BCUT2D eigenvalue weighted by Gasteiger charge is -2.26. The number of hydrazine groups is 1. The van der Waals surface area contributed by atoms with Gasteiger partial charge in [-0.3, -0.25) is 15.0 Å². The lowest BCUT2D eigenvalue weighted by Crippen LogP contribution is -2.52. The van der Waals surface area contributed by atoms with Crippen molar-refractivity contribution in [1.29, 1.82) is 0 Å². The summed E-state index contributed by atoms with van der Waals surface area (Å²) in [6, 6.07) is 8.38. The molecule has 128 valence electrons. The summed E-state index contributed by atoms with van der Waals surface area (Å²) < 4.78 is 5.16. The number of amides is 1. The third kappa shape index (κ3) is 6.40. The van der Waals surface area contributed by atoms with Gasteiger partial charge in [-0.1, -0.05) is 44.9 Å². The molecule has 0 heterocycles. The van der Waals surface area contributed by atoms with Gasteiger partial charge in [-0.2, -0.15) is 0 Å². The SMILES string of the molecule is CCCC(CCC)[C@@H](NNC(=O)c1ccccc1)C(=O)OCC. The van der Waals surface area contributed by atoms with E-state index in [0.29, 0.717) is 12.2 Å². The Labute approximate surface area is 138 Å². The number of hydrogen-bond acceptors (Lipinski definition) is 4. The Bertz CT molecular complexity index is 470. The van der Waals surface area contributed by atoms with Crippen LogP contribution in [0.25, 0.3) is 0 Å². The second-order valence-electron chi connectivity index (χ2n) is 5.53. The van der Waals surface area contributed by atoms with Crippen molar-refractivity contribution in [2.24, 2.45) is 5.92 Å². The summed E-state index contributed by atoms with van der Waals surface area (Å²) in [5, 5.41) is 0. The molecule has 0 bridgehead atoms. The summed E-state index contributed by atoms with van der Waals surface area (Å²) in [5.41, 5.74) is 6.09. The van der Waals surface area contributed by atoms with Gasteiger partial charge in [0.25, 0.3) is 5.91 Å². The standard InChI is InChI=1S/C18H28N2O3/c1-4-10-14(11-5-2)16(18(22)23-6-3)19-20-17(21)15-12-8-7-9-13-15/h7-9,12-14,16,19H,4-6,10-11H2,1-3H3,(H,20,21)/t16-/m1/s1. The van der Waals surface area contributed by atoms with E-state index in [1.54, 1.807) is 31.2 Å². The molecule has 0 spiro atoms. The van der Waals surface area contributed by atoms with Crippen molar-refractivity contribution >= 4 is 11.9 Å². The number of rotatable bonds is 10. The maximum absolute atomic E-state index is 12.2. The Morgan fingerprint density at radius 2 is 1.65 bits per heavy atom. The molecule has 23 heavy (non-hydrogen) atoms. The van der Waals surface area contributed by atoms with Gasteiger partial charge in [0.1, 0.15) is 6.04 Å². The van der Waals surface area contributed by atoms with E-state index in [1.165, 1.54) is 0 Å². The molecule has 0 aliphatic carbocycles. The minimum atomic E-state index is -0.525. The molecule has 1 rings (SSSR count). The van der Waals surface area contributed by atoms with Crippen molar-refractivity contribution in [2.75, 3.05) is 6.61 Å². The van der Waals surface area contributed by atoms with E-state index in [0.717, 1.165) is 25.7 Å². The minimum Gasteiger partial charge on any atom is -0.465 e. The van der Waals surface area contributed by atoms with Gasteiger partial charge in [0, 0.05) is 5.56 Å². The first-order valence-electron chi connectivity index (χ1n) is 8.41. The fraction of sp³-hybridized carbons (Fsp3) is 0.556. The Kier molecular flexibility index (Phi) is 8.98. The van der Waals surface area contributed by atoms with Crippen molar-refractivity contribution in [3.63, 3.8) is 0 Å². The number of nitrogens with one attached hydrogen (secondary N) is 2. The van der Waals surface area contributed by atoms with Crippen LogP contribution in [-0.4, -0.2) is 24.5 Å². The Morgan fingerprint density at radius 3 is 2.17 bits per heavy atom. The maximum Gasteiger partial charge on any atom is 0.325 e. The highest BCUT2D eigenvalue weighted by Crippen LogP contribution is 2.19. The van der Waals surface area contributed by atoms with Crippen molar-refractivity contribution in [3.05, 3.63) is 35.9 Å². The van der Waals surface area contributed by atoms with Crippen molar-refractivity contribution in [1.82, 2.24) is 10.9 Å². The van der Waals surface area contributed by atoms with Gasteiger partial charge < -0.3 is 4.74 Å². The first kappa shape index (κ1) is 19.2. The molecule has 1 aromatic rings. The zero-order valence-electron chi connectivity index (χ0n) is 14.3. The van der Waals surface area contributed by atoms with Crippen LogP contribution in [0.4, 0.5) is 0 Å². The first-order valence-corrected chi connectivity index (χ1v) is 8.41. The van der Waals surface area contributed by atoms with Crippen LogP contribution < -0.4 is 10.9 Å². The smallest absolute Gasteiger partial charge is 0.325 e. The van der Waals surface area contributed by atoms with Gasteiger partial charge in [0.15, 0.2) is 0 Å². The largest absolute Gasteiger partial charge is 0.465 e. The summed E-state index contributed by atoms with van der Waals surface area (Å²) in [6.45, 7) is 6.29. The van der Waals surface area contributed by atoms with Crippen molar-refractivity contribution in [3.8, 4) is 0 Å². The number of carbonyl (C=O) groups excluding carboxylic acids is 2. The number of carbonyl (C=O) groups is 2. The predicted octanol–water partition coefficient (Wildman–Crippen LogP) is 3.07. The monoisotopic (exact) mass is 320 g/mol. The van der Waals surface area contributed by atoms with E-state index in [1.807, 2.05) is 6.07 Å². The fourth-order valence-electron chi connectivity index (χ4n) is 2.63. The van der Waals surface area contributed by atoms with Crippen LogP contribution in [-0.2, 0) is 9.53 Å². The lowest BCUT2D eigenvalue weighted by molar-refractivity contribution is -0.147. The van der Waals surface area contributed by atoms with Crippen LogP contribution in [0.1, 0.15) is 56.8 Å². The highest BCUT2D eigenvalue weighted by Gasteiger charge is 2.28. The highest BCUT2D eigenvalue weighted by atomic mass is 16.5. The molecule has 5 heteroatoms. The Hall–Kier alpha value is -1.88. The van der Waals surface area contributed by atoms with Gasteiger partial charge in [0.2, 0.25) is 0 Å². The van der Waals surface area contributed by atoms with Crippen LogP contribution in [0.2, 0.25) is 0 Å². The molecule has 0 fully saturated rings. The van der Waals surface area contributed by atoms with Crippen LogP contribution in [0.15, 0.2) is 30.3 Å². The zero-order valence-corrected chi connectivity index (χ0v) is 14.3. The first-order chi connectivity index (χ1) is 11.1. The maximum atomic E-state index is 12.2. The molecule has 0 unspecified atom stereocenters. The summed E-state index contributed by atoms with van der Waals surface area (Å²) in [6.07, 6.45) is 3.78. The lowest BCUT2D eigenvalue weighted by atomic mass is 9.91. The molecule has 5 nitrogen and oxygen atoms in total. The number of benzene rings is 1. The second kappa shape index (κ2) is 10.8. The van der Waals surface area contributed by atoms with Gasteiger partial charge in [-0.05, 0) is 37.8 Å². The third-order valence-corrected chi connectivity index (χ3v) is 3.71. The van der Waals surface area contributed by atoms with Crippen molar-refractivity contribution < 1.29 is 14.3 Å². The van der Waals surface area contributed by atoms with E-state index < -0.39 is 6.04 Å². The highest BCUT2D eigenvalue weighted by molar-refractivity contribution is 5.94.